The van der Waals surface area contributed by atoms with E-state index in [1.165, 1.54) is 10.5 Å². The van der Waals surface area contributed by atoms with Crippen molar-refractivity contribution in [3.63, 3.8) is 0 Å². The molecule has 0 N–H and O–H groups in total. The summed E-state index contributed by atoms with van der Waals surface area (Å²) < 4.78 is 0. The van der Waals surface area contributed by atoms with E-state index in [0.717, 1.165) is 19.3 Å². The molecule has 0 saturated heterocycles. The molecule has 1 nitrogen and oxygen atoms in total. The second kappa shape index (κ2) is 4.09. The first kappa shape index (κ1) is 9.66. The molecule has 0 aromatic carbocycles. The van der Waals surface area contributed by atoms with Gasteiger partial charge in [-0.05, 0) is 43.2 Å². The maximum atomic E-state index is 11.2. The molecule has 0 amide bonds. The fourth-order valence-electron chi connectivity index (χ4n) is 1.89. The Balaban J connectivity index is 2.09. The number of allylic oxidation sites excluding steroid dienone is 2. The van der Waals surface area contributed by atoms with Crippen LogP contribution in [0.4, 0.5) is 0 Å². The summed E-state index contributed by atoms with van der Waals surface area (Å²) in [4.78, 5) is 12.5. The molecule has 2 heteroatoms. The van der Waals surface area contributed by atoms with Crippen LogP contribution in [0, 0.1) is 5.92 Å². The van der Waals surface area contributed by atoms with Crippen LogP contribution in [0.3, 0.4) is 0 Å². The van der Waals surface area contributed by atoms with Gasteiger partial charge in [0.05, 0.1) is 0 Å². The van der Waals surface area contributed by atoms with E-state index in [9.17, 15) is 4.79 Å². The van der Waals surface area contributed by atoms with Gasteiger partial charge >= 0.3 is 0 Å². The second-order valence-corrected chi connectivity index (χ2v) is 4.74. The fourth-order valence-corrected chi connectivity index (χ4v) is 2.69. The highest BCUT2D eigenvalue weighted by Gasteiger charge is 2.18. The number of rotatable bonds is 2. The zero-order valence-corrected chi connectivity index (χ0v) is 9.14. The Kier molecular flexibility index (Phi) is 2.82. The summed E-state index contributed by atoms with van der Waals surface area (Å²) in [5.41, 5.74) is 1.43. The van der Waals surface area contributed by atoms with E-state index < -0.39 is 0 Å². The third kappa shape index (κ3) is 1.95. The third-order valence-electron chi connectivity index (χ3n) is 2.82. The molecule has 0 bridgehead atoms. The van der Waals surface area contributed by atoms with Gasteiger partial charge in [0.25, 0.3) is 0 Å². The molecule has 0 spiro atoms. The van der Waals surface area contributed by atoms with Crippen LogP contribution in [-0.2, 0) is 4.79 Å². The normalized spacial score (nSPS) is 21.8. The third-order valence-corrected chi connectivity index (χ3v) is 3.77. The van der Waals surface area contributed by atoms with E-state index in [0.29, 0.717) is 5.78 Å². The minimum absolute atomic E-state index is 0.277. The molecule has 1 aliphatic carbocycles. The molecule has 2 rings (SSSR count). The summed E-state index contributed by atoms with van der Waals surface area (Å²) in [5, 5.41) is 2.10. The molecular formula is C12H14OS. The Morgan fingerprint density at radius 3 is 2.93 bits per heavy atom. The highest BCUT2D eigenvalue weighted by molar-refractivity contribution is 7.11. The Morgan fingerprint density at radius 2 is 2.43 bits per heavy atom. The predicted octanol–water partition coefficient (Wildman–Crippen LogP) is 3.52. The van der Waals surface area contributed by atoms with Gasteiger partial charge in [-0.1, -0.05) is 12.1 Å². The smallest absolute Gasteiger partial charge is 0.133 e. The summed E-state index contributed by atoms with van der Waals surface area (Å²) >= 11 is 1.79. The number of ketones is 1. The zero-order chi connectivity index (χ0) is 9.97. The van der Waals surface area contributed by atoms with Crippen LogP contribution in [0.1, 0.15) is 31.1 Å². The van der Waals surface area contributed by atoms with Gasteiger partial charge in [-0.2, -0.15) is 0 Å². The molecule has 0 aliphatic heterocycles. The van der Waals surface area contributed by atoms with Gasteiger partial charge in [0.2, 0.25) is 0 Å². The lowest BCUT2D eigenvalue weighted by molar-refractivity contribution is -0.120. The van der Waals surface area contributed by atoms with E-state index in [-0.39, 0.29) is 5.92 Å². The quantitative estimate of drug-likeness (QED) is 0.723. The molecule has 74 valence electrons. The minimum atomic E-state index is 0.277. The number of hydrogen-bond acceptors (Lipinski definition) is 2. The maximum Gasteiger partial charge on any atom is 0.133 e. The number of carbonyl (C=O) groups is 1. The van der Waals surface area contributed by atoms with Crippen molar-refractivity contribution in [1.82, 2.24) is 0 Å². The predicted molar refractivity (Wildman–Crippen MR) is 60.3 cm³/mol. The fraction of sp³-hybridized carbons (Fsp3) is 0.417. The van der Waals surface area contributed by atoms with Crippen LogP contribution in [0.15, 0.2) is 23.6 Å². The molecule has 0 saturated carbocycles. The molecule has 1 unspecified atom stereocenters. The van der Waals surface area contributed by atoms with Crippen LogP contribution in [-0.4, -0.2) is 5.78 Å². The van der Waals surface area contributed by atoms with Crippen molar-refractivity contribution < 1.29 is 4.79 Å². The minimum Gasteiger partial charge on any atom is -0.300 e. The lowest BCUT2D eigenvalue weighted by atomic mass is 9.87. The molecule has 1 aromatic heterocycles. The number of Topliss-reactive ketones (excluding diaryl/α,β-unsaturated/α-hetero) is 1. The van der Waals surface area contributed by atoms with E-state index in [4.69, 9.17) is 0 Å². The lowest BCUT2D eigenvalue weighted by Crippen LogP contribution is -2.13. The van der Waals surface area contributed by atoms with Gasteiger partial charge in [0.15, 0.2) is 0 Å². The van der Waals surface area contributed by atoms with Crippen molar-refractivity contribution in [1.29, 1.82) is 0 Å². The SMILES string of the molecule is CC(=O)C1CC=C(c2cccs2)CC1. The molecule has 1 aliphatic rings. The largest absolute Gasteiger partial charge is 0.300 e. The first-order valence-electron chi connectivity index (χ1n) is 5.00. The van der Waals surface area contributed by atoms with Crippen LogP contribution < -0.4 is 0 Å². The number of thiophene rings is 1. The van der Waals surface area contributed by atoms with Crippen molar-refractivity contribution in [2.24, 2.45) is 5.92 Å². The summed E-state index contributed by atoms with van der Waals surface area (Å²) in [6.45, 7) is 1.70. The first-order chi connectivity index (χ1) is 6.77. The van der Waals surface area contributed by atoms with Crippen LogP contribution in [0.5, 0.6) is 0 Å². The molecule has 14 heavy (non-hydrogen) atoms. The molecule has 0 radical (unpaired) electrons. The zero-order valence-electron chi connectivity index (χ0n) is 8.32. The van der Waals surface area contributed by atoms with E-state index in [1.54, 1.807) is 18.3 Å². The summed E-state index contributed by atoms with van der Waals surface area (Å²) in [7, 11) is 0. The van der Waals surface area contributed by atoms with Gasteiger partial charge in [0, 0.05) is 10.8 Å². The molecule has 1 heterocycles. The van der Waals surface area contributed by atoms with Crippen LogP contribution in [0.2, 0.25) is 0 Å². The Labute approximate surface area is 88.5 Å². The standard InChI is InChI=1S/C12H14OS/c1-9(13)10-4-6-11(7-5-10)12-3-2-8-14-12/h2-3,6,8,10H,4-5,7H2,1H3. The van der Waals surface area contributed by atoms with E-state index in [2.05, 4.69) is 23.6 Å². The highest BCUT2D eigenvalue weighted by atomic mass is 32.1. The average Bonchev–Trinajstić information content (AvgIpc) is 2.71. The monoisotopic (exact) mass is 206 g/mol. The van der Waals surface area contributed by atoms with Gasteiger partial charge in [-0.3, -0.25) is 4.79 Å². The van der Waals surface area contributed by atoms with Crippen LogP contribution >= 0.6 is 11.3 Å². The lowest BCUT2D eigenvalue weighted by Gasteiger charge is -2.18. The number of carbonyl (C=O) groups excluding carboxylic acids is 1. The topological polar surface area (TPSA) is 17.1 Å². The van der Waals surface area contributed by atoms with Crippen molar-refractivity contribution in [3.05, 3.63) is 28.5 Å². The summed E-state index contributed by atoms with van der Waals surface area (Å²) in [6.07, 6.45) is 5.26. The maximum absolute atomic E-state index is 11.2. The van der Waals surface area contributed by atoms with E-state index >= 15 is 0 Å². The highest BCUT2D eigenvalue weighted by Crippen LogP contribution is 2.32. The van der Waals surface area contributed by atoms with Gasteiger partial charge in [-0.15, -0.1) is 11.3 Å². The average molecular weight is 206 g/mol. The summed E-state index contributed by atoms with van der Waals surface area (Å²) in [5.74, 6) is 0.616. The van der Waals surface area contributed by atoms with Crippen molar-refractivity contribution in [3.8, 4) is 0 Å². The van der Waals surface area contributed by atoms with Crippen molar-refractivity contribution in [2.45, 2.75) is 26.2 Å². The first-order valence-corrected chi connectivity index (χ1v) is 5.88. The van der Waals surface area contributed by atoms with Gasteiger partial charge in [-0.25, -0.2) is 0 Å². The van der Waals surface area contributed by atoms with Crippen molar-refractivity contribution in [2.75, 3.05) is 0 Å². The van der Waals surface area contributed by atoms with Gasteiger partial charge < -0.3 is 0 Å². The summed E-state index contributed by atoms with van der Waals surface area (Å²) in [6, 6.07) is 4.24. The van der Waals surface area contributed by atoms with Gasteiger partial charge in [0.1, 0.15) is 5.78 Å². The van der Waals surface area contributed by atoms with Crippen molar-refractivity contribution >= 4 is 22.7 Å². The van der Waals surface area contributed by atoms with Crippen LogP contribution in [0.25, 0.3) is 5.57 Å². The Bertz CT molecular complexity index is 348. The Morgan fingerprint density at radius 1 is 1.57 bits per heavy atom. The molecule has 1 atom stereocenters. The number of hydrogen-bond donors (Lipinski definition) is 0. The molecule has 1 aromatic rings. The second-order valence-electron chi connectivity index (χ2n) is 3.79. The van der Waals surface area contributed by atoms with E-state index in [1.807, 2.05) is 0 Å². The molecule has 0 fully saturated rings. The molecular weight excluding hydrogens is 192 g/mol. The Hall–Kier alpha value is -0.890.